The van der Waals surface area contributed by atoms with Crippen LogP contribution >= 0.6 is 0 Å². The zero-order valence-electron chi connectivity index (χ0n) is 19.2. The first-order valence-electron chi connectivity index (χ1n) is 10.7. The largest absolute Gasteiger partial charge is 0.452 e. The monoisotopic (exact) mass is 466 g/mol. The van der Waals surface area contributed by atoms with Crippen LogP contribution in [0.2, 0.25) is 0 Å². The van der Waals surface area contributed by atoms with Crippen LogP contribution in [0.15, 0.2) is 42.5 Å². The van der Waals surface area contributed by atoms with Gasteiger partial charge in [0.15, 0.2) is 6.61 Å². The molecule has 0 aliphatic carbocycles. The Morgan fingerprint density at radius 1 is 1.03 bits per heavy atom. The summed E-state index contributed by atoms with van der Waals surface area (Å²) >= 11 is 0. The van der Waals surface area contributed by atoms with E-state index in [2.05, 4.69) is 10.7 Å². The molecule has 1 heterocycles. The minimum Gasteiger partial charge on any atom is -0.452 e. The summed E-state index contributed by atoms with van der Waals surface area (Å²) in [6, 6.07) is 11.5. The lowest BCUT2D eigenvalue weighted by molar-refractivity contribution is -0.136. The second kappa shape index (κ2) is 10.6. The Balaban J connectivity index is 1.50. The number of para-hydroxylation sites is 1. The van der Waals surface area contributed by atoms with E-state index >= 15 is 0 Å². The third-order valence-electron chi connectivity index (χ3n) is 5.29. The summed E-state index contributed by atoms with van der Waals surface area (Å²) in [6.07, 6.45) is 0.239. The van der Waals surface area contributed by atoms with Gasteiger partial charge in [-0.3, -0.25) is 24.6 Å². The highest BCUT2D eigenvalue weighted by Gasteiger charge is 2.24. The van der Waals surface area contributed by atoms with Gasteiger partial charge in [-0.1, -0.05) is 18.2 Å². The highest BCUT2D eigenvalue weighted by Crippen LogP contribution is 2.20. The van der Waals surface area contributed by atoms with Crippen LogP contribution in [-0.4, -0.2) is 54.7 Å². The van der Waals surface area contributed by atoms with E-state index in [1.165, 1.54) is 36.2 Å². The van der Waals surface area contributed by atoms with Gasteiger partial charge in [0, 0.05) is 25.6 Å². The van der Waals surface area contributed by atoms with Crippen LogP contribution in [0, 0.1) is 13.8 Å². The number of rotatable bonds is 7. The quantitative estimate of drug-likeness (QED) is 0.599. The Bertz CT molecular complexity index is 1110. The van der Waals surface area contributed by atoms with Gasteiger partial charge in [0.25, 0.3) is 5.91 Å². The van der Waals surface area contributed by atoms with E-state index in [9.17, 15) is 24.0 Å². The van der Waals surface area contributed by atoms with Crippen molar-refractivity contribution < 1.29 is 28.7 Å². The molecule has 0 aromatic heterocycles. The zero-order chi connectivity index (χ0) is 24.8. The first-order chi connectivity index (χ1) is 16.2. The van der Waals surface area contributed by atoms with Crippen molar-refractivity contribution in [3.63, 3.8) is 0 Å². The van der Waals surface area contributed by atoms with Crippen molar-refractivity contribution in [3.05, 3.63) is 59.2 Å². The molecular formula is C24H26N4O6. The van der Waals surface area contributed by atoms with Crippen LogP contribution in [0.1, 0.15) is 34.3 Å². The zero-order valence-corrected chi connectivity index (χ0v) is 19.2. The Morgan fingerprint density at radius 3 is 2.32 bits per heavy atom. The minimum atomic E-state index is -0.734. The van der Waals surface area contributed by atoms with Gasteiger partial charge in [-0.2, -0.15) is 0 Å². The van der Waals surface area contributed by atoms with Crippen molar-refractivity contribution in [3.8, 4) is 0 Å². The minimum absolute atomic E-state index is 0.105. The van der Waals surface area contributed by atoms with Gasteiger partial charge in [-0.15, -0.1) is 0 Å². The van der Waals surface area contributed by atoms with E-state index in [4.69, 9.17) is 4.74 Å². The number of aryl methyl sites for hydroxylation is 2. The molecule has 1 fully saturated rings. The molecule has 1 aliphatic rings. The molecule has 1 saturated heterocycles. The van der Waals surface area contributed by atoms with E-state index in [1.807, 2.05) is 32.0 Å². The van der Waals surface area contributed by atoms with Crippen LogP contribution in [0.4, 0.5) is 11.4 Å². The molecule has 0 atom stereocenters. The molecule has 3 rings (SSSR count). The van der Waals surface area contributed by atoms with E-state index < -0.39 is 18.5 Å². The summed E-state index contributed by atoms with van der Waals surface area (Å²) in [5.74, 6) is -2.17. The molecule has 2 N–H and O–H groups in total. The summed E-state index contributed by atoms with van der Waals surface area (Å²) in [4.78, 5) is 61.6. The number of carbonyl (C=O) groups is 5. The summed E-state index contributed by atoms with van der Waals surface area (Å²) in [7, 11) is 1.44. The molecule has 0 spiro atoms. The first-order valence-corrected chi connectivity index (χ1v) is 10.7. The number of hydrazine groups is 1. The van der Waals surface area contributed by atoms with E-state index in [-0.39, 0.29) is 42.7 Å². The molecule has 0 bridgehead atoms. The predicted molar refractivity (Wildman–Crippen MR) is 124 cm³/mol. The van der Waals surface area contributed by atoms with Crippen molar-refractivity contribution >= 4 is 41.0 Å². The average molecular weight is 466 g/mol. The van der Waals surface area contributed by atoms with Gasteiger partial charge < -0.3 is 15.0 Å². The third-order valence-corrected chi connectivity index (χ3v) is 5.29. The molecule has 178 valence electrons. The van der Waals surface area contributed by atoms with Crippen molar-refractivity contribution in [1.29, 1.82) is 0 Å². The van der Waals surface area contributed by atoms with Gasteiger partial charge in [0.1, 0.15) is 0 Å². The van der Waals surface area contributed by atoms with Gasteiger partial charge in [0.2, 0.25) is 17.7 Å². The fraction of sp³-hybridized carbons (Fsp3) is 0.292. The smallest absolute Gasteiger partial charge is 0.338 e. The molecule has 4 amide bonds. The Labute approximate surface area is 196 Å². The molecular weight excluding hydrogens is 440 g/mol. The third kappa shape index (κ3) is 5.97. The van der Waals surface area contributed by atoms with Gasteiger partial charge in [-0.25, -0.2) is 9.80 Å². The number of hydrogen-bond donors (Lipinski definition) is 2. The number of carbonyl (C=O) groups excluding carboxylic acids is 5. The predicted octanol–water partition coefficient (Wildman–Crippen LogP) is 1.72. The Hall–Kier alpha value is -4.21. The number of nitrogens with one attached hydrogen (secondary N) is 2. The first kappa shape index (κ1) is 24.4. The van der Waals surface area contributed by atoms with E-state index in [0.717, 1.165) is 16.1 Å². The normalized spacial score (nSPS) is 13.2. The number of anilines is 2. The van der Waals surface area contributed by atoms with E-state index in [0.29, 0.717) is 11.4 Å². The molecule has 2 aromatic rings. The molecule has 0 radical (unpaired) electrons. The molecule has 1 aliphatic heterocycles. The number of ether oxygens (including phenoxy) is 1. The molecule has 34 heavy (non-hydrogen) atoms. The lowest BCUT2D eigenvalue weighted by Crippen LogP contribution is -2.50. The summed E-state index contributed by atoms with van der Waals surface area (Å²) in [5, 5.41) is 3.93. The highest BCUT2D eigenvalue weighted by molar-refractivity contribution is 6.01. The second-order valence-corrected chi connectivity index (χ2v) is 7.95. The lowest BCUT2D eigenvalue weighted by atomic mass is 10.1. The van der Waals surface area contributed by atoms with Crippen molar-refractivity contribution in [2.24, 2.45) is 0 Å². The fourth-order valence-electron chi connectivity index (χ4n) is 3.35. The number of benzene rings is 2. The van der Waals surface area contributed by atoms with Crippen LogP contribution < -0.4 is 15.8 Å². The number of nitrogens with zero attached hydrogens (tertiary/aromatic N) is 2. The topological polar surface area (TPSA) is 125 Å². The van der Waals surface area contributed by atoms with Gasteiger partial charge >= 0.3 is 5.97 Å². The molecule has 10 nitrogen and oxygen atoms in total. The highest BCUT2D eigenvalue weighted by atomic mass is 16.5. The standard InChI is InChI=1S/C24H26N4O6/c1-15-5-4-6-16(2)23(15)25-20(30)13-27(3)22(32)14-34-24(33)17-7-9-18(10-8-17)28-21(31)12-11-19(29)26-28/h4-10H,11-14H2,1-3H3,(H,25,30)(H,26,29). The van der Waals surface area contributed by atoms with E-state index in [1.54, 1.807) is 0 Å². The molecule has 10 heteroatoms. The maximum absolute atomic E-state index is 12.3. The lowest BCUT2D eigenvalue weighted by Gasteiger charge is -2.27. The van der Waals surface area contributed by atoms with Gasteiger partial charge in [-0.05, 0) is 49.2 Å². The van der Waals surface area contributed by atoms with Crippen molar-refractivity contribution in [2.45, 2.75) is 26.7 Å². The van der Waals surface area contributed by atoms with Crippen LogP contribution in [0.25, 0.3) is 0 Å². The van der Waals surface area contributed by atoms with Crippen molar-refractivity contribution in [1.82, 2.24) is 10.3 Å². The van der Waals surface area contributed by atoms with Crippen LogP contribution in [-0.2, 0) is 23.9 Å². The van der Waals surface area contributed by atoms with Crippen LogP contribution in [0.3, 0.4) is 0 Å². The van der Waals surface area contributed by atoms with Crippen LogP contribution in [0.5, 0.6) is 0 Å². The Morgan fingerprint density at radius 2 is 1.68 bits per heavy atom. The average Bonchev–Trinajstić information content (AvgIpc) is 2.81. The number of esters is 1. The SMILES string of the molecule is Cc1cccc(C)c1NC(=O)CN(C)C(=O)COC(=O)c1ccc(N2NC(=O)CCC2=O)cc1. The number of likely N-dealkylation sites (N-methyl/N-ethyl adjacent to an activating group) is 1. The second-order valence-electron chi connectivity index (χ2n) is 7.95. The summed E-state index contributed by atoms with van der Waals surface area (Å²) < 4.78 is 5.06. The maximum Gasteiger partial charge on any atom is 0.338 e. The summed E-state index contributed by atoms with van der Waals surface area (Å²) in [6.45, 7) is 3.02. The fourth-order valence-corrected chi connectivity index (χ4v) is 3.35. The number of hydrogen-bond acceptors (Lipinski definition) is 6. The molecule has 0 unspecified atom stereocenters. The van der Waals surface area contributed by atoms with Gasteiger partial charge in [0.05, 0.1) is 17.8 Å². The molecule has 2 aromatic carbocycles. The van der Waals surface area contributed by atoms with Crippen molar-refractivity contribution in [2.75, 3.05) is 30.5 Å². The maximum atomic E-state index is 12.3. The molecule has 0 saturated carbocycles. The summed E-state index contributed by atoms with van der Waals surface area (Å²) in [5.41, 5.74) is 5.56. The Kier molecular flexibility index (Phi) is 7.62. The number of amides is 4.